The highest BCUT2D eigenvalue weighted by Crippen LogP contribution is 2.26. The molecule has 1 fully saturated rings. The van der Waals surface area contributed by atoms with E-state index in [9.17, 15) is 9.18 Å². The third kappa shape index (κ3) is 2.79. The summed E-state index contributed by atoms with van der Waals surface area (Å²) in [6.45, 7) is 3.88. The molecule has 0 N–H and O–H groups in total. The molecule has 1 aromatic carbocycles. The van der Waals surface area contributed by atoms with Crippen LogP contribution in [0.2, 0.25) is 0 Å². The number of benzene rings is 1. The Hall–Kier alpha value is -3.03. The lowest BCUT2D eigenvalue weighted by Gasteiger charge is -2.35. The van der Waals surface area contributed by atoms with E-state index in [0.29, 0.717) is 48.6 Å². The van der Waals surface area contributed by atoms with Gasteiger partial charge in [0.05, 0.1) is 16.6 Å². The molecule has 1 saturated heterocycles. The van der Waals surface area contributed by atoms with Crippen LogP contribution < -0.4 is 4.90 Å². The molecule has 25 heavy (non-hydrogen) atoms. The number of anilines is 1. The standard InChI is InChI=1S/C17H16FN5O2/c1-11-9-14(25-21-11)17(24)23-7-5-22(6-8-23)16-15-12(18)3-2-4-13(15)19-10-20-16/h2-4,9-10H,5-8H2,1H3. The maximum Gasteiger partial charge on any atom is 0.292 e. The molecular weight excluding hydrogens is 325 g/mol. The molecule has 0 bridgehead atoms. The number of aromatic nitrogens is 3. The minimum absolute atomic E-state index is 0.182. The maximum atomic E-state index is 14.2. The molecule has 4 rings (SSSR count). The fraction of sp³-hybridized carbons (Fsp3) is 0.294. The Bertz CT molecular complexity index is 928. The summed E-state index contributed by atoms with van der Waals surface area (Å²) in [6, 6.07) is 6.42. The van der Waals surface area contributed by atoms with Crippen LogP contribution in [-0.2, 0) is 0 Å². The van der Waals surface area contributed by atoms with E-state index in [-0.39, 0.29) is 17.5 Å². The molecule has 1 aliphatic heterocycles. The highest BCUT2D eigenvalue weighted by atomic mass is 19.1. The lowest BCUT2D eigenvalue weighted by atomic mass is 10.2. The summed E-state index contributed by atoms with van der Waals surface area (Å²) in [5.41, 5.74) is 1.24. The second kappa shape index (κ2) is 6.12. The van der Waals surface area contributed by atoms with Crippen molar-refractivity contribution < 1.29 is 13.7 Å². The molecule has 7 nitrogen and oxygen atoms in total. The third-order valence-electron chi connectivity index (χ3n) is 4.30. The predicted octanol–water partition coefficient (Wildman–Crippen LogP) is 2.03. The van der Waals surface area contributed by atoms with Gasteiger partial charge in [-0.1, -0.05) is 11.2 Å². The van der Waals surface area contributed by atoms with Crippen molar-refractivity contribution in [2.45, 2.75) is 6.92 Å². The van der Waals surface area contributed by atoms with Gasteiger partial charge in [0.2, 0.25) is 5.76 Å². The highest BCUT2D eigenvalue weighted by Gasteiger charge is 2.26. The Morgan fingerprint density at radius 3 is 2.72 bits per heavy atom. The number of amides is 1. The Kier molecular flexibility index (Phi) is 3.79. The summed E-state index contributed by atoms with van der Waals surface area (Å²) >= 11 is 0. The molecule has 0 unspecified atom stereocenters. The Balaban J connectivity index is 1.54. The number of carbonyl (C=O) groups is 1. The van der Waals surface area contributed by atoms with Gasteiger partial charge in [0, 0.05) is 32.2 Å². The van der Waals surface area contributed by atoms with Gasteiger partial charge in [0.1, 0.15) is 18.0 Å². The van der Waals surface area contributed by atoms with E-state index in [4.69, 9.17) is 4.52 Å². The van der Waals surface area contributed by atoms with E-state index in [1.54, 1.807) is 30.0 Å². The van der Waals surface area contributed by atoms with E-state index in [1.165, 1.54) is 12.4 Å². The fourth-order valence-electron chi connectivity index (χ4n) is 3.03. The summed E-state index contributed by atoms with van der Waals surface area (Å²) in [6.07, 6.45) is 1.44. The lowest BCUT2D eigenvalue weighted by molar-refractivity contribution is 0.0704. The molecule has 0 spiro atoms. The first-order valence-electron chi connectivity index (χ1n) is 8.00. The summed E-state index contributed by atoms with van der Waals surface area (Å²) in [5, 5.41) is 4.16. The van der Waals surface area contributed by atoms with Crippen LogP contribution in [0, 0.1) is 12.7 Å². The molecule has 1 aliphatic rings. The number of piperazine rings is 1. The Labute approximate surface area is 143 Å². The van der Waals surface area contributed by atoms with E-state index in [1.807, 2.05) is 4.90 Å². The van der Waals surface area contributed by atoms with Gasteiger partial charge < -0.3 is 14.3 Å². The number of nitrogens with zero attached hydrogens (tertiary/aromatic N) is 5. The molecule has 3 aromatic rings. The molecule has 0 saturated carbocycles. The van der Waals surface area contributed by atoms with E-state index >= 15 is 0 Å². The smallest absolute Gasteiger partial charge is 0.292 e. The minimum atomic E-state index is -0.344. The largest absolute Gasteiger partial charge is 0.352 e. The summed E-state index contributed by atoms with van der Waals surface area (Å²) in [4.78, 5) is 24.5. The zero-order valence-corrected chi connectivity index (χ0v) is 13.6. The highest BCUT2D eigenvalue weighted by molar-refractivity contribution is 5.92. The normalized spacial score (nSPS) is 15.0. The zero-order chi connectivity index (χ0) is 17.4. The van der Waals surface area contributed by atoms with Gasteiger partial charge in [-0.15, -0.1) is 0 Å². The topological polar surface area (TPSA) is 75.4 Å². The zero-order valence-electron chi connectivity index (χ0n) is 13.6. The number of halogens is 1. The summed E-state index contributed by atoms with van der Waals surface area (Å²) in [5.74, 6) is 0.276. The van der Waals surface area contributed by atoms with E-state index in [0.717, 1.165) is 0 Å². The molecule has 0 radical (unpaired) electrons. The molecule has 128 valence electrons. The number of hydrogen-bond donors (Lipinski definition) is 0. The first-order chi connectivity index (χ1) is 12.1. The van der Waals surface area contributed by atoms with Crippen molar-refractivity contribution in [3.8, 4) is 0 Å². The number of rotatable bonds is 2. The van der Waals surface area contributed by atoms with Gasteiger partial charge >= 0.3 is 0 Å². The average molecular weight is 341 g/mol. The van der Waals surface area contributed by atoms with Crippen LogP contribution in [0.25, 0.3) is 10.9 Å². The number of carbonyl (C=O) groups excluding carboxylic acids is 1. The minimum Gasteiger partial charge on any atom is -0.352 e. The van der Waals surface area contributed by atoms with Crippen LogP contribution >= 0.6 is 0 Å². The lowest BCUT2D eigenvalue weighted by Crippen LogP contribution is -2.49. The van der Waals surface area contributed by atoms with Crippen molar-refractivity contribution in [3.63, 3.8) is 0 Å². The maximum absolute atomic E-state index is 14.2. The van der Waals surface area contributed by atoms with Crippen molar-refractivity contribution >= 4 is 22.6 Å². The predicted molar refractivity (Wildman–Crippen MR) is 88.9 cm³/mol. The molecule has 2 aromatic heterocycles. The SMILES string of the molecule is Cc1cc(C(=O)N2CCN(c3ncnc4cccc(F)c34)CC2)on1. The van der Waals surface area contributed by atoms with Crippen molar-refractivity contribution in [3.05, 3.63) is 47.9 Å². The van der Waals surface area contributed by atoms with Gasteiger partial charge in [-0.25, -0.2) is 14.4 Å². The van der Waals surface area contributed by atoms with Gasteiger partial charge in [-0.3, -0.25) is 4.79 Å². The molecular formula is C17H16FN5O2. The van der Waals surface area contributed by atoms with Gasteiger partial charge in [-0.2, -0.15) is 0 Å². The average Bonchev–Trinajstić information content (AvgIpc) is 3.07. The number of fused-ring (bicyclic) bond motifs is 1. The van der Waals surface area contributed by atoms with Crippen molar-refractivity contribution in [1.82, 2.24) is 20.0 Å². The van der Waals surface area contributed by atoms with Crippen LogP contribution in [0.4, 0.5) is 10.2 Å². The van der Waals surface area contributed by atoms with E-state index < -0.39 is 0 Å². The summed E-state index contributed by atoms with van der Waals surface area (Å²) < 4.78 is 19.3. The molecule has 8 heteroatoms. The van der Waals surface area contributed by atoms with E-state index in [2.05, 4.69) is 15.1 Å². The number of hydrogen-bond acceptors (Lipinski definition) is 6. The van der Waals surface area contributed by atoms with Crippen LogP contribution in [0.1, 0.15) is 16.2 Å². The third-order valence-corrected chi connectivity index (χ3v) is 4.30. The molecule has 0 atom stereocenters. The van der Waals surface area contributed by atoms with Crippen LogP contribution in [0.15, 0.2) is 35.1 Å². The van der Waals surface area contributed by atoms with Crippen LogP contribution in [0.3, 0.4) is 0 Å². The monoisotopic (exact) mass is 341 g/mol. The first kappa shape index (κ1) is 15.5. The van der Waals surface area contributed by atoms with Gasteiger partial charge in [-0.05, 0) is 19.1 Å². The van der Waals surface area contributed by atoms with Crippen molar-refractivity contribution in [1.29, 1.82) is 0 Å². The Morgan fingerprint density at radius 1 is 1.20 bits per heavy atom. The molecule has 0 aliphatic carbocycles. The molecule has 1 amide bonds. The second-order valence-corrected chi connectivity index (χ2v) is 5.94. The van der Waals surface area contributed by atoms with Crippen molar-refractivity contribution in [2.75, 3.05) is 31.1 Å². The summed E-state index contributed by atoms with van der Waals surface area (Å²) in [7, 11) is 0. The van der Waals surface area contributed by atoms with Crippen LogP contribution in [0.5, 0.6) is 0 Å². The van der Waals surface area contributed by atoms with Gasteiger partial charge in [0.25, 0.3) is 5.91 Å². The number of aryl methyl sites for hydroxylation is 1. The van der Waals surface area contributed by atoms with Crippen molar-refractivity contribution in [2.24, 2.45) is 0 Å². The quantitative estimate of drug-likeness (QED) is 0.710. The second-order valence-electron chi connectivity index (χ2n) is 5.94. The molecule has 3 heterocycles. The van der Waals surface area contributed by atoms with Crippen LogP contribution in [-0.4, -0.2) is 52.1 Å². The van der Waals surface area contributed by atoms with Gasteiger partial charge in [0.15, 0.2) is 0 Å². The Morgan fingerprint density at radius 2 is 2.00 bits per heavy atom. The fourth-order valence-corrected chi connectivity index (χ4v) is 3.03. The first-order valence-corrected chi connectivity index (χ1v) is 8.00.